The quantitative estimate of drug-likeness (QED) is 0.685. The number of ether oxygens (including phenoxy) is 2. The number of aryl methyl sites for hydroxylation is 2. The number of esters is 1. The molecule has 0 radical (unpaired) electrons. The minimum Gasteiger partial charge on any atom is -0.497 e. The molecule has 0 aliphatic rings. The van der Waals surface area contributed by atoms with Gasteiger partial charge in [0.05, 0.1) is 19.9 Å². The molecule has 0 unspecified atom stereocenters. The van der Waals surface area contributed by atoms with E-state index in [0.717, 1.165) is 32.8 Å². The number of hydrogen-bond donors (Lipinski definition) is 0. The highest BCUT2D eigenvalue weighted by Crippen LogP contribution is 2.33. The van der Waals surface area contributed by atoms with Crippen LogP contribution in [0.1, 0.15) is 20.9 Å². The number of aromatic nitrogens is 2. The maximum Gasteiger partial charge on any atom is 0.348 e. The van der Waals surface area contributed by atoms with Crippen LogP contribution in [0.25, 0.3) is 21.6 Å². The summed E-state index contributed by atoms with van der Waals surface area (Å²) in [6.07, 6.45) is 0. The standard InChI is InChI=1S/C17H16N2O3S/c1-9-13-10(2)18-15(11-5-7-12(21-3)8-6-11)19-16(13)23-14(9)17(20)22-4/h5-8H,1-4H3. The summed E-state index contributed by atoms with van der Waals surface area (Å²) in [6.45, 7) is 3.83. The summed E-state index contributed by atoms with van der Waals surface area (Å²) in [5, 5.41) is 0.924. The number of thiophene rings is 1. The molecule has 5 nitrogen and oxygen atoms in total. The van der Waals surface area contributed by atoms with Crippen LogP contribution < -0.4 is 4.74 Å². The molecule has 3 aromatic rings. The number of hydrogen-bond acceptors (Lipinski definition) is 6. The molecule has 0 atom stereocenters. The van der Waals surface area contributed by atoms with E-state index in [4.69, 9.17) is 9.47 Å². The third-order valence-corrected chi connectivity index (χ3v) is 4.86. The predicted octanol–water partition coefficient (Wildman–Crippen LogP) is 3.77. The summed E-state index contributed by atoms with van der Waals surface area (Å²) in [4.78, 5) is 22.4. The lowest BCUT2D eigenvalue weighted by atomic mass is 10.1. The van der Waals surface area contributed by atoms with Gasteiger partial charge < -0.3 is 9.47 Å². The van der Waals surface area contributed by atoms with Gasteiger partial charge in [-0.3, -0.25) is 0 Å². The molecule has 0 N–H and O–H groups in total. The number of carbonyl (C=O) groups is 1. The van der Waals surface area contributed by atoms with Crippen LogP contribution in [0.3, 0.4) is 0 Å². The second-order valence-corrected chi connectivity index (χ2v) is 6.09. The van der Waals surface area contributed by atoms with Gasteiger partial charge in [0, 0.05) is 10.9 Å². The van der Waals surface area contributed by atoms with E-state index in [1.54, 1.807) is 7.11 Å². The molecule has 0 aliphatic heterocycles. The fourth-order valence-electron chi connectivity index (χ4n) is 2.50. The maximum atomic E-state index is 11.9. The SMILES string of the molecule is COC(=O)c1sc2nc(-c3ccc(OC)cc3)nc(C)c2c1C. The molecule has 2 heterocycles. The van der Waals surface area contributed by atoms with E-state index in [1.165, 1.54) is 18.4 Å². The monoisotopic (exact) mass is 328 g/mol. The molecule has 0 spiro atoms. The zero-order valence-electron chi connectivity index (χ0n) is 13.3. The van der Waals surface area contributed by atoms with Gasteiger partial charge in [-0.05, 0) is 43.7 Å². The highest BCUT2D eigenvalue weighted by molar-refractivity contribution is 7.20. The molecule has 0 aliphatic carbocycles. The maximum absolute atomic E-state index is 11.9. The van der Waals surface area contributed by atoms with E-state index < -0.39 is 0 Å². The first-order valence-corrected chi connectivity index (χ1v) is 7.87. The Bertz CT molecular complexity index is 885. The Hall–Kier alpha value is -2.47. The van der Waals surface area contributed by atoms with E-state index in [9.17, 15) is 4.79 Å². The van der Waals surface area contributed by atoms with Gasteiger partial charge in [0.1, 0.15) is 15.5 Å². The molecule has 0 saturated carbocycles. The van der Waals surface area contributed by atoms with Crippen molar-refractivity contribution in [3.05, 3.63) is 40.4 Å². The molecular formula is C17H16N2O3S. The zero-order chi connectivity index (χ0) is 16.6. The highest BCUT2D eigenvalue weighted by Gasteiger charge is 2.19. The van der Waals surface area contributed by atoms with E-state index in [2.05, 4.69) is 9.97 Å². The molecule has 1 aromatic carbocycles. The van der Waals surface area contributed by atoms with Gasteiger partial charge in [-0.25, -0.2) is 14.8 Å². The van der Waals surface area contributed by atoms with Crippen LogP contribution in [0.15, 0.2) is 24.3 Å². The van der Waals surface area contributed by atoms with E-state index in [-0.39, 0.29) is 5.97 Å². The van der Waals surface area contributed by atoms with E-state index in [1.807, 2.05) is 38.1 Å². The fourth-order valence-corrected chi connectivity index (χ4v) is 3.65. The first-order chi connectivity index (χ1) is 11.0. The Labute approximate surface area is 137 Å². The van der Waals surface area contributed by atoms with Gasteiger partial charge in [-0.2, -0.15) is 0 Å². The van der Waals surface area contributed by atoms with Crippen LogP contribution in [-0.2, 0) is 4.74 Å². The zero-order valence-corrected chi connectivity index (χ0v) is 14.2. The second kappa shape index (κ2) is 5.96. The van der Waals surface area contributed by atoms with Crippen molar-refractivity contribution in [3.8, 4) is 17.1 Å². The van der Waals surface area contributed by atoms with Crippen LogP contribution in [-0.4, -0.2) is 30.2 Å². The lowest BCUT2D eigenvalue weighted by Gasteiger charge is -2.05. The minimum atomic E-state index is -0.337. The Morgan fingerprint density at radius 1 is 1.09 bits per heavy atom. The van der Waals surface area contributed by atoms with Crippen molar-refractivity contribution >= 4 is 27.5 Å². The molecule has 0 amide bonds. The lowest BCUT2D eigenvalue weighted by molar-refractivity contribution is 0.0605. The van der Waals surface area contributed by atoms with Crippen molar-refractivity contribution in [2.24, 2.45) is 0 Å². The van der Waals surface area contributed by atoms with Gasteiger partial charge in [-0.15, -0.1) is 11.3 Å². The van der Waals surface area contributed by atoms with Crippen LogP contribution in [0.2, 0.25) is 0 Å². The molecule has 0 fully saturated rings. The second-order valence-electron chi connectivity index (χ2n) is 5.09. The molecule has 2 aromatic heterocycles. The normalized spacial score (nSPS) is 10.8. The van der Waals surface area contributed by atoms with E-state index in [0.29, 0.717) is 10.7 Å². The molecule has 0 bridgehead atoms. The van der Waals surface area contributed by atoms with Crippen molar-refractivity contribution in [2.45, 2.75) is 13.8 Å². The van der Waals surface area contributed by atoms with Gasteiger partial charge in [0.2, 0.25) is 0 Å². The average Bonchev–Trinajstić information content (AvgIpc) is 2.91. The average molecular weight is 328 g/mol. The third-order valence-electron chi connectivity index (χ3n) is 3.69. The summed E-state index contributed by atoms with van der Waals surface area (Å²) in [6, 6.07) is 7.58. The summed E-state index contributed by atoms with van der Waals surface area (Å²) in [5.74, 6) is 1.08. The summed E-state index contributed by atoms with van der Waals surface area (Å²) in [5.41, 5.74) is 2.63. The Morgan fingerprint density at radius 2 is 1.78 bits per heavy atom. The number of nitrogens with zero attached hydrogens (tertiary/aromatic N) is 2. The molecule has 0 saturated heterocycles. The van der Waals surface area contributed by atoms with Crippen LogP contribution >= 0.6 is 11.3 Å². The molecular weight excluding hydrogens is 312 g/mol. The lowest BCUT2D eigenvalue weighted by Crippen LogP contribution is -1.99. The third kappa shape index (κ3) is 2.66. The molecule has 3 rings (SSSR count). The Morgan fingerprint density at radius 3 is 2.39 bits per heavy atom. The fraction of sp³-hybridized carbons (Fsp3) is 0.235. The smallest absolute Gasteiger partial charge is 0.348 e. The van der Waals surface area contributed by atoms with Gasteiger partial charge >= 0.3 is 5.97 Å². The molecule has 6 heteroatoms. The number of carbonyl (C=O) groups excluding carboxylic acids is 1. The summed E-state index contributed by atoms with van der Waals surface area (Å²) >= 11 is 1.34. The minimum absolute atomic E-state index is 0.337. The Balaban J connectivity index is 2.15. The van der Waals surface area contributed by atoms with E-state index >= 15 is 0 Å². The van der Waals surface area contributed by atoms with Gasteiger partial charge in [-0.1, -0.05) is 0 Å². The van der Waals surface area contributed by atoms with Crippen LogP contribution in [0.5, 0.6) is 5.75 Å². The number of methoxy groups -OCH3 is 2. The van der Waals surface area contributed by atoms with Crippen molar-refractivity contribution in [3.63, 3.8) is 0 Å². The van der Waals surface area contributed by atoms with Gasteiger partial charge in [0.15, 0.2) is 5.82 Å². The van der Waals surface area contributed by atoms with Crippen LogP contribution in [0, 0.1) is 13.8 Å². The first kappa shape index (κ1) is 15.4. The number of fused-ring (bicyclic) bond motifs is 1. The largest absolute Gasteiger partial charge is 0.497 e. The number of rotatable bonds is 3. The van der Waals surface area contributed by atoms with Crippen molar-refractivity contribution in [1.82, 2.24) is 9.97 Å². The highest BCUT2D eigenvalue weighted by atomic mass is 32.1. The molecule has 118 valence electrons. The first-order valence-electron chi connectivity index (χ1n) is 7.05. The number of benzene rings is 1. The summed E-state index contributed by atoms with van der Waals surface area (Å²) in [7, 11) is 3.01. The van der Waals surface area contributed by atoms with Crippen molar-refractivity contribution < 1.29 is 14.3 Å². The predicted molar refractivity (Wildman–Crippen MR) is 90.2 cm³/mol. The van der Waals surface area contributed by atoms with Crippen LogP contribution in [0.4, 0.5) is 0 Å². The summed E-state index contributed by atoms with van der Waals surface area (Å²) < 4.78 is 10.0. The topological polar surface area (TPSA) is 61.3 Å². The van der Waals surface area contributed by atoms with Gasteiger partial charge in [0.25, 0.3) is 0 Å². The van der Waals surface area contributed by atoms with Crippen molar-refractivity contribution in [2.75, 3.05) is 14.2 Å². The Kier molecular flexibility index (Phi) is 4.00. The van der Waals surface area contributed by atoms with Crippen molar-refractivity contribution in [1.29, 1.82) is 0 Å². The molecule has 23 heavy (non-hydrogen) atoms.